The molecule has 0 spiro atoms. The van der Waals surface area contributed by atoms with Crippen LogP contribution in [0.15, 0.2) is 0 Å². The molecule has 3 N–H and O–H groups in total. The highest BCUT2D eigenvalue weighted by Gasteiger charge is 2.34. The summed E-state index contributed by atoms with van der Waals surface area (Å²) in [7, 11) is 0. The van der Waals surface area contributed by atoms with Gasteiger partial charge in [-0.2, -0.15) is 0 Å². The number of ether oxygens (including phenoxy) is 1. The molecule has 0 aromatic carbocycles. The van der Waals surface area contributed by atoms with E-state index in [2.05, 4.69) is 10.1 Å². The quantitative estimate of drug-likeness (QED) is 0.511. The summed E-state index contributed by atoms with van der Waals surface area (Å²) in [6.07, 6.45) is -2.02. The van der Waals surface area contributed by atoms with Gasteiger partial charge in [0.1, 0.15) is 6.61 Å². The van der Waals surface area contributed by atoms with E-state index in [0.29, 0.717) is 6.42 Å². The zero-order chi connectivity index (χ0) is 13.5. The molecule has 0 aliphatic heterocycles. The molecule has 1 amide bonds. The molecule has 0 heterocycles. The Morgan fingerprint density at radius 3 is 2.59 bits per heavy atom. The van der Waals surface area contributed by atoms with E-state index in [1.54, 1.807) is 13.8 Å². The van der Waals surface area contributed by atoms with Crippen molar-refractivity contribution < 1.29 is 18.3 Å². The van der Waals surface area contributed by atoms with Crippen molar-refractivity contribution in [2.24, 2.45) is 11.1 Å². The molecule has 0 aromatic heterocycles. The maximum absolute atomic E-state index is 11.8. The Hall–Kier alpha value is -0.820. The van der Waals surface area contributed by atoms with E-state index in [0.717, 1.165) is 0 Å². The molecular formula is C10H18F2N2O2S. The van der Waals surface area contributed by atoms with E-state index in [1.807, 2.05) is 0 Å². The fourth-order valence-corrected chi connectivity index (χ4v) is 1.29. The molecule has 100 valence electrons. The normalized spacial score (nSPS) is 14.4. The Bertz CT molecular complexity index is 277. The van der Waals surface area contributed by atoms with E-state index in [-0.39, 0.29) is 24.0 Å². The second-order valence-corrected chi connectivity index (χ2v) is 4.21. The molecule has 1 unspecified atom stereocenters. The molecule has 1 atom stereocenters. The summed E-state index contributed by atoms with van der Waals surface area (Å²) >= 11 is 4.83. The number of hydrogen-bond acceptors (Lipinski definition) is 3. The summed E-state index contributed by atoms with van der Waals surface area (Å²) in [6, 6.07) is 0. The lowest BCUT2D eigenvalue weighted by Gasteiger charge is -2.25. The Morgan fingerprint density at radius 1 is 1.59 bits per heavy atom. The highest BCUT2D eigenvalue weighted by Crippen LogP contribution is 2.21. The highest BCUT2D eigenvalue weighted by molar-refractivity contribution is 7.80. The Kier molecular flexibility index (Phi) is 7.13. The summed E-state index contributed by atoms with van der Waals surface area (Å²) in [5, 5.41) is 2.55. The minimum Gasteiger partial charge on any atom is -0.392 e. The number of carbonyl (C=O) groups is 1. The summed E-state index contributed by atoms with van der Waals surface area (Å²) < 4.78 is 28.1. The minimum atomic E-state index is -2.50. The van der Waals surface area contributed by atoms with E-state index < -0.39 is 18.4 Å². The fourth-order valence-electron chi connectivity index (χ4n) is 1.05. The van der Waals surface area contributed by atoms with Crippen LogP contribution >= 0.6 is 12.2 Å². The van der Waals surface area contributed by atoms with Crippen LogP contribution in [-0.4, -0.2) is 37.1 Å². The summed E-state index contributed by atoms with van der Waals surface area (Å²) in [4.78, 5) is 11.9. The van der Waals surface area contributed by atoms with Gasteiger partial charge < -0.3 is 15.8 Å². The summed E-state index contributed by atoms with van der Waals surface area (Å²) in [5.74, 6) is -0.312. The van der Waals surface area contributed by atoms with Crippen LogP contribution < -0.4 is 11.1 Å². The van der Waals surface area contributed by atoms with Gasteiger partial charge in [-0.05, 0) is 13.3 Å². The third-order valence-corrected chi connectivity index (χ3v) is 2.98. The zero-order valence-corrected chi connectivity index (χ0v) is 10.8. The van der Waals surface area contributed by atoms with Crippen LogP contribution in [-0.2, 0) is 9.53 Å². The van der Waals surface area contributed by atoms with Crippen molar-refractivity contribution in [2.75, 3.05) is 19.8 Å². The molecular weight excluding hydrogens is 250 g/mol. The third kappa shape index (κ3) is 5.36. The average molecular weight is 268 g/mol. The number of thiocarbonyl (C=S) groups is 1. The molecule has 0 aliphatic rings. The lowest BCUT2D eigenvalue weighted by atomic mass is 9.86. The first-order valence-electron chi connectivity index (χ1n) is 5.28. The zero-order valence-electron chi connectivity index (χ0n) is 9.96. The van der Waals surface area contributed by atoms with E-state index >= 15 is 0 Å². The Labute approximate surface area is 105 Å². The van der Waals surface area contributed by atoms with Crippen LogP contribution in [0.3, 0.4) is 0 Å². The Balaban J connectivity index is 3.97. The molecule has 0 aromatic rings. The van der Waals surface area contributed by atoms with Crippen LogP contribution in [0.5, 0.6) is 0 Å². The van der Waals surface area contributed by atoms with Gasteiger partial charge in [0.05, 0.1) is 17.0 Å². The van der Waals surface area contributed by atoms with E-state index in [9.17, 15) is 13.6 Å². The largest absolute Gasteiger partial charge is 0.392 e. The third-order valence-electron chi connectivity index (χ3n) is 2.53. The highest BCUT2D eigenvalue weighted by atomic mass is 32.1. The van der Waals surface area contributed by atoms with Gasteiger partial charge in [0, 0.05) is 6.54 Å². The monoisotopic (exact) mass is 268 g/mol. The van der Waals surface area contributed by atoms with Crippen molar-refractivity contribution >= 4 is 23.1 Å². The lowest BCUT2D eigenvalue weighted by molar-refractivity contribution is -0.127. The van der Waals surface area contributed by atoms with Gasteiger partial charge in [0.2, 0.25) is 5.91 Å². The lowest BCUT2D eigenvalue weighted by Crippen LogP contribution is -2.47. The van der Waals surface area contributed by atoms with Crippen LogP contribution in [0.4, 0.5) is 8.78 Å². The number of rotatable bonds is 8. The molecule has 4 nitrogen and oxygen atoms in total. The molecule has 0 saturated carbocycles. The van der Waals surface area contributed by atoms with Crippen molar-refractivity contribution in [3.05, 3.63) is 0 Å². The first-order valence-corrected chi connectivity index (χ1v) is 5.69. The molecule has 0 fully saturated rings. The first-order chi connectivity index (χ1) is 7.84. The van der Waals surface area contributed by atoms with Gasteiger partial charge in [0.25, 0.3) is 6.43 Å². The van der Waals surface area contributed by atoms with Gasteiger partial charge in [-0.3, -0.25) is 4.79 Å². The van der Waals surface area contributed by atoms with Crippen molar-refractivity contribution in [1.29, 1.82) is 0 Å². The number of carbonyl (C=O) groups excluding carboxylic acids is 1. The van der Waals surface area contributed by atoms with Gasteiger partial charge in [-0.15, -0.1) is 0 Å². The van der Waals surface area contributed by atoms with Crippen LogP contribution in [0.2, 0.25) is 0 Å². The second-order valence-electron chi connectivity index (χ2n) is 3.77. The molecule has 17 heavy (non-hydrogen) atoms. The fraction of sp³-hybridized carbons (Fsp3) is 0.800. The smallest absolute Gasteiger partial charge is 0.261 e. The average Bonchev–Trinajstić information content (AvgIpc) is 2.26. The number of halogens is 2. The van der Waals surface area contributed by atoms with Gasteiger partial charge in [0.15, 0.2) is 0 Å². The maximum Gasteiger partial charge on any atom is 0.261 e. The van der Waals surface area contributed by atoms with Crippen molar-refractivity contribution in [3.8, 4) is 0 Å². The SMILES string of the molecule is CCC(C)(C(=O)NCCOCC(F)F)C(N)=S. The molecule has 0 saturated heterocycles. The first kappa shape index (κ1) is 16.2. The molecule has 0 rings (SSSR count). The Morgan fingerprint density at radius 2 is 2.18 bits per heavy atom. The van der Waals surface area contributed by atoms with Gasteiger partial charge in [-0.1, -0.05) is 19.1 Å². The molecule has 7 heteroatoms. The van der Waals surface area contributed by atoms with E-state index in [4.69, 9.17) is 18.0 Å². The van der Waals surface area contributed by atoms with Crippen LogP contribution in [0, 0.1) is 5.41 Å². The number of hydrogen-bond donors (Lipinski definition) is 2. The van der Waals surface area contributed by atoms with Crippen molar-refractivity contribution in [1.82, 2.24) is 5.32 Å². The van der Waals surface area contributed by atoms with Crippen LogP contribution in [0.1, 0.15) is 20.3 Å². The van der Waals surface area contributed by atoms with Crippen molar-refractivity contribution in [2.45, 2.75) is 26.7 Å². The second kappa shape index (κ2) is 7.50. The maximum atomic E-state index is 11.8. The topological polar surface area (TPSA) is 64.3 Å². The number of alkyl halides is 2. The predicted molar refractivity (Wildman–Crippen MR) is 65.0 cm³/mol. The predicted octanol–water partition coefficient (Wildman–Crippen LogP) is 1.09. The molecule has 0 radical (unpaired) electrons. The van der Waals surface area contributed by atoms with Gasteiger partial charge >= 0.3 is 0 Å². The minimum absolute atomic E-state index is 0.0349. The van der Waals surface area contributed by atoms with Crippen LogP contribution in [0.25, 0.3) is 0 Å². The standard InChI is InChI=1S/C10H18F2N2O2S/c1-3-10(2,8(13)17)9(15)14-4-5-16-6-7(11)12/h7H,3-6H2,1-2H3,(H2,13,17)(H,14,15). The summed E-state index contributed by atoms with van der Waals surface area (Å²) in [6.45, 7) is 3.00. The number of nitrogens with two attached hydrogens (primary N) is 1. The molecule has 0 aliphatic carbocycles. The number of amides is 1. The van der Waals surface area contributed by atoms with Gasteiger partial charge in [-0.25, -0.2) is 8.78 Å². The molecule has 0 bridgehead atoms. The summed E-state index contributed by atoms with van der Waals surface area (Å²) in [5.41, 5.74) is 4.59. The number of nitrogens with one attached hydrogen (secondary N) is 1. The van der Waals surface area contributed by atoms with E-state index in [1.165, 1.54) is 0 Å². The van der Waals surface area contributed by atoms with Crippen molar-refractivity contribution in [3.63, 3.8) is 0 Å².